The number of hydrogen-bond donors (Lipinski definition) is 1. The molecule has 0 spiro atoms. The van der Waals surface area contributed by atoms with Crippen LogP contribution in [0.25, 0.3) is 0 Å². The summed E-state index contributed by atoms with van der Waals surface area (Å²) >= 11 is 0. The molecular formula is C22H36N2O3. The van der Waals surface area contributed by atoms with Gasteiger partial charge in [0.15, 0.2) is 11.5 Å². The molecule has 1 aromatic carbocycles. The maximum absolute atomic E-state index is 9.57. The van der Waals surface area contributed by atoms with Crippen molar-refractivity contribution in [2.75, 3.05) is 47.0 Å². The van der Waals surface area contributed by atoms with Gasteiger partial charge in [-0.25, -0.2) is 0 Å². The molecule has 0 amide bonds. The van der Waals surface area contributed by atoms with Gasteiger partial charge in [-0.15, -0.1) is 0 Å². The zero-order valence-corrected chi connectivity index (χ0v) is 17.0. The molecule has 2 fully saturated rings. The molecule has 1 saturated heterocycles. The molecular weight excluding hydrogens is 340 g/mol. The third-order valence-electron chi connectivity index (χ3n) is 6.22. The first-order chi connectivity index (χ1) is 13.2. The van der Waals surface area contributed by atoms with Crippen molar-refractivity contribution >= 4 is 0 Å². The van der Waals surface area contributed by atoms with Gasteiger partial charge in [0, 0.05) is 45.4 Å². The average Bonchev–Trinajstić information content (AvgIpc) is 2.71. The maximum atomic E-state index is 9.57. The first kappa shape index (κ1) is 20.4. The van der Waals surface area contributed by atoms with Gasteiger partial charge in [-0.2, -0.15) is 0 Å². The Balaban J connectivity index is 1.58. The van der Waals surface area contributed by atoms with Crippen molar-refractivity contribution < 1.29 is 14.6 Å². The van der Waals surface area contributed by atoms with Crippen molar-refractivity contribution in [3.05, 3.63) is 23.8 Å². The van der Waals surface area contributed by atoms with Gasteiger partial charge in [-0.1, -0.05) is 25.3 Å². The fourth-order valence-corrected chi connectivity index (χ4v) is 4.70. The Kier molecular flexibility index (Phi) is 7.80. The normalized spacial score (nSPS) is 22.7. The summed E-state index contributed by atoms with van der Waals surface area (Å²) in [5.41, 5.74) is 1.25. The molecule has 2 aliphatic rings. The number of piperazine rings is 1. The Hall–Kier alpha value is -1.30. The lowest BCUT2D eigenvalue weighted by atomic mass is 9.88. The van der Waals surface area contributed by atoms with Crippen LogP contribution in [0.4, 0.5) is 0 Å². The van der Waals surface area contributed by atoms with Gasteiger partial charge in [-0.05, 0) is 42.9 Å². The van der Waals surface area contributed by atoms with E-state index in [4.69, 9.17) is 9.47 Å². The summed E-state index contributed by atoms with van der Waals surface area (Å²) in [5.74, 6) is 2.42. The summed E-state index contributed by atoms with van der Waals surface area (Å²) in [6, 6.07) is 6.65. The third kappa shape index (κ3) is 5.59. The Morgan fingerprint density at radius 2 is 1.81 bits per heavy atom. The van der Waals surface area contributed by atoms with Crippen molar-refractivity contribution in [1.29, 1.82) is 0 Å². The smallest absolute Gasteiger partial charge is 0.161 e. The van der Waals surface area contributed by atoms with Crippen molar-refractivity contribution in [2.24, 2.45) is 5.92 Å². The molecule has 1 unspecified atom stereocenters. The molecule has 1 saturated carbocycles. The minimum absolute atomic E-state index is 0.274. The Morgan fingerprint density at radius 1 is 1.04 bits per heavy atom. The van der Waals surface area contributed by atoms with Crippen molar-refractivity contribution in [2.45, 2.75) is 51.1 Å². The van der Waals surface area contributed by atoms with Gasteiger partial charge in [-0.3, -0.25) is 9.80 Å². The monoisotopic (exact) mass is 376 g/mol. The fourth-order valence-electron chi connectivity index (χ4n) is 4.70. The standard InChI is InChI=1S/C22H36N2O3/c1-26-21-9-8-19(14-22(21)27-2)15-23-11-12-24(20(17-23)10-13-25)16-18-6-4-3-5-7-18/h8-9,14,18,20,25H,3-7,10-13,15-17H2,1-2H3. The SMILES string of the molecule is COc1ccc(CN2CCN(CC3CCCCC3)C(CCO)C2)cc1OC. The van der Waals surface area contributed by atoms with Gasteiger partial charge < -0.3 is 14.6 Å². The molecule has 0 bridgehead atoms. The van der Waals surface area contributed by atoms with Gasteiger partial charge in [0.25, 0.3) is 0 Å². The minimum atomic E-state index is 0.274. The summed E-state index contributed by atoms with van der Waals surface area (Å²) in [7, 11) is 3.35. The second kappa shape index (κ2) is 10.3. The lowest BCUT2D eigenvalue weighted by Gasteiger charge is -2.43. The van der Waals surface area contributed by atoms with E-state index >= 15 is 0 Å². The van der Waals surface area contributed by atoms with Crippen LogP contribution in [-0.4, -0.2) is 68.0 Å². The summed E-state index contributed by atoms with van der Waals surface area (Å²) < 4.78 is 10.8. The van der Waals surface area contributed by atoms with Crippen LogP contribution in [0.1, 0.15) is 44.1 Å². The number of aliphatic hydroxyl groups excluding tert-OH is 1. The molecule has 0 radical (unpaired) electrons. The number of benzene rings is 1. The highest BCUT2D eigenvalue weighted by Crippen LogP contribution is 2.29. The largest absolute Gasteiger partial charge is 0.493 e. The number of methoxy groups -OCH3 is 2. The van der Waals surface area contributed by atoms with E-state index in [-0.39, 0.29) is 6.61 Å². The molecule has 1 aliphatic heterocycles. The highest BCUT2D eigenvalue weighted by molar-refractivity contribution is 5.42. The van der Waals surface area contributed by atoms with Gasteiger partial charge >= 0.3 is 0 Å². The predicted octanol–water partition coefficient (Wildman–Crippen LogP) is 3.15. The van der Waals surface area contributed by atoms with Crippen LogP contribution in [-0.2, 0) is 6.54 Å². The molecule has 27 heavy (non-hydrogen) atoms. The quantitative estimate of drug-likeness (QED) is 0.755. The van der Waals surface area contributed by atoms with Crippen LogP contribution in [0.15, 0.2) is 18.2 Å². The number of nitrogens with zero attached hydrogens (tertiary/aromatic N) is 2. The second-order valence-electron chi connectivity index (χ2n) is 8.09. The second-order valence-corrected chi connectivity index (χ2v) is 8.09. The number of aliphatic hydroxyl groups is 1. The van der Waals surface area contributed by atoms with E-state index in [2.05, 4.69) is 21.9 Å². The highest BCUT2D eigenvalue weighted by atomic mass is 16.5. The van der Waals surface area contributed by atoms with E-state index in [9.17, 15) is 5.11 Å². The number of rotatable bonds is 8. The maximum Gasteiger partial charge on any atom is 0.161 e. The molecule has 1 heterocycles. The molecule has 1 N–H and O–H groups in total. The zero-order chi connectivity index (χ0) is 19.1. The van der Waals surface area contributed by atoms with E-state index in [0.29, 0.717) is 6.04 Å². The van der Waals surface area contributed by atoms with Crippen LogP contribution in [0.2, 0.25) is 0 Å². The topological polar surface area (TPSA) is 45.2 Å². The predicted molar refractivity (Wildman–Crippen MR) is 108 cm³/mol. The first-order valence-electron chi connectivity index (χ1n) is 10.5. The van der Waals surface area contributed by atoms with Crippen LogP contribution < -0.4 is 9.47 Å². The summed E-state index contributed by atoms with van der Waals surface area (Å²) in [6.45, 7) is 5.63. The van der Waals surface area contributed by atoms with Gasteiger partial charge in [0.1, 0.15) is 0 Å². The average molecular weight is 377 g/mol. The van der Waals surface area contributed by atoms with Crippen LogP contribution in [0.5, 0.6) is 11.5 Å². The molecule has 5 nitrogen and oxygen atoms in total. The lowest BCUT2D eigenvalue weighted by molar-refractivity contribution is 0.0400. The van der Waals surface area contributed by atoms with E-state index in [1.165, 1.54) is 44.2 Å². The van der Waals surface area contributed by atoms with Crippen molar-refractivity contribution in [3.8, 4) is 11.5 Å². The number of hydrogen-bond acceptors (Lipinski definition) is 5. The van der Waals surface area contributed by atoms with Crippen LogP contribution in [0, 0.1) is 5.92 Å². The van der Waals surface area contributed by atoms with E-state index in [0.717, 1.165) is 50.0 Å². The summed E-state index contributed by atoms with van der Waals surface area (Å²) in [5, 5.41) is 9.57. The summed E-state index contributed by atoms with van der Waals surface area (Å²) in [4.78, 5) is 5.16. The van der Waals surface area contributed by atoms with E-state index in [1.54, 1.807) is 14.2 Å². The van der Waals surface area contributed by atoms with Crippen LogP contribution >= 0.6 is 0 Å². The Labute approximate surface area is 164 Å². The number of ether oxygens (including phenoxy) is 2. The van der Waals surface area contributed by atoms with Crippen molar-refractivity contribution in [1.82, 2.24) is 9.80 Å². The summed E-state index contributed by atoms with van der Waals surface area (Å²) in [6.07, 6.45) is 7.85. The molecule has 1 aromatic rings. The van der Waals surface area contributed by atoms with Gasteiger partial charge in [0.05, 0.1) is 14.2 Å². The molecule has 5 heteroatoms. The Bertz CT molecular complexity index is 575. The Morgan fingerprint density at radius 3 is 2.52 bits per heavy atom. The van der Waals surface area contributed by atoms with E-state index < -0.39 is 0 Å². The molecule has 1 aliphatic carbocycles. The molecule has 0 aromatic heterocycles. The van der Waals surface area contributed by atoms with E-state index in [1.807, 2.05) is 6.07 Å². The van der Waals surface area contributed by atoms with Crippen molar-refractivity contribution in [3.63, 3.8) is 0 Å². The van der Waals surface area contributed by atoms with Gasteiger partial charge in [0.2, 0.25) is 0 Å². The van der Waals surface area contributed by atoms with Crippen LogP contribution in [0.3, 0.4) is 0 Å². The fraction of sp³-hybridized carbons (Fsp3) is 0.727. The molecule has 3 rings (SSSR count). The highest BCUT2D eigenvalue weighted by Gasteiger charge is 2.29. The first-order valence-corrected chi connectivity index (χ1v) is 10.5. The third-order valence-corrected chi connectivity index (χ3v) is 6.22. The minimum Gasteiger partial charge on any atom is -0.493 e. The molecule has 1 atom stereocenters. The zero-order valence-electron chi connectivity index (χ0n) is 17.0. The molecule has 152 valence electrons. The lowest BCUT2D eigenvalue weighted by Crippen LogP contribution is -2.54.